The smallest absolute Gasteiger partial charge is 0.336 e. The Labute approximate surface area is 169 Å². The third kappa shape index (κ3) is 9.53. The molecule has 0 aliphatic rings. The second-order valence-electron chi connectivity index (χ2n) is 5.82. The number of carboxylic acid groups (broad SMARTS) is 2. The molecule has 2 aromatic rings. The molecule has 0 saturated heterocycles. The molecular formula is C21H26MoO4. The maximum Gasteiger partial charge on any atom is 0.336 e. The Morgan fingerprint density at radius 1 is 0.885 bits per heavy atom. The Kier molecular flexibility index (Phi) is 13.2. The monoisotopic (exact) mass is 440 g/mol. The second kappa shape index (κ2) is 14.3. The van der Waals surface area contributed by atoms with Crippen LogP contribution in [0, 0.1) is 0 Å². The van der Waals surface area contributed by atoms with E-state index in [1.54, 1.807) is 12.1 Å². The molecule has 26 heavy (non-hydrogen) atoms. The van der Waals surface area contributed by atoms with Gasteiger partial charge in [0.25, 0.3) is 0 Å². The summed E-state index contributed by atoms with van der Waals surface area (Å²) < 4.78 is 0. The fourth-order valence-corrected chi connectivity index (χ4v) is 2.51. The molecule has 0 bridgehead atoms. The van der Waals surface area contributed by atoms with Gasteiger partial charge in [0.15, 0.2) is 0 Å². The molecule has 0 aliphatic carbocycles. The molecule has 0 radical (unpaired) electrons. The van der Waals surface area contributed by atoms with E-state index in [4.69, 9.17) is 10.2 Å². The fraction of sp³-hybridized carbons (Fsp3) is 0.333. The molecule has 0 atom stereocenters. The number of rotatable bonds is 9. The third-order valence-electron chi connectivity index (χ3n) is 3.82. The average Bonchev–Trinajstić information content (AvgIpc) is 2.60. The molecule has 0 aromatic heterocycles. The summed E-state index contributed by atoms with van der Waals surface area (Å²) in [6, 6.07) is 12.7. The molecule has 140 valence electrons. The largest absolute Gasteiger partial charge is 0.481 e. The summed E-state index contributed by atoms with van der Waals surface area (Å²) in [4.78, 5) is 20.9. The van der Waals surface area contributed by atoms with Crippen molar-refractivity contribution in [2.24, 2.45) is 0 Å². The van der Waals surface area contributed by atoms with Crippen LogP contribution in [0.15, 0.2) is 55.1 Å². The number of fused-ring (bicyclic) bond motifs is 1. The molecule has 4 nitrogen and oxygen atoms in total. The van der Waals surface area contributed by atoms with Gasteiger partial charge in [-0.25, -0.2) is 4.79 Å². The zero-order valence-electron chi connectivity index (χ0n) is 14.9. The van der Waals surface area contributed by atoms with E-state index in [-0.39, 0.29) is 21.1 Å². The van der Waals surface area contributed by atoms with Crippen molar-refractivity contribution in [1.29, 1.82) is 0 Å². The molecule has 0 aliphatic heterocycles. The molecule has 2 N–H and O–H groups in total. The normalized spacial score (nSPS) is 9.54. The topological polar surface area (TPSA) is 74.6 Å². The number of unbranched alkanes of at least 4 members (excludes halogenated alkanes) is 5. The molecule has 0 unspecified atom stereocenters. The van der Waals surface area contributed by atoms with E-state index in [9.17, 15) is 9.59 Å². The maximum absolute atomic E-state index is 10.8. The van der Waals surface area contributed by atoms with E-state index >= 15 is 0 Å². The van der Waals surface area contributed by atoms with Crippen LogP contribution in [0.5, 0.6) is 0 Å². The van der Waals surface area contributed by atoms with Gasteiger partial charge in [0.2, 0.25) is 0 Å². The number of allylic oxidation sites excluding steroid dienone is 1. The van der Waals surface area contributed by atoms with Gasteiger partial charge in [-0.1, -0.05) is 61.7 Å². The van der Waals surface area contributed by atoms with Crippen LogP contribution < -0.4 is 0 Å². The van der Waals surface area contributed by atoms with Crippen molar-refractivity contribution in [3.05, 3.63) is 60.7 Å². The SMILES string of the molecule is C=CCCCCCCCC(=O)O.O=C(O)c1cccc2ccccc12.[Mo]. The zero-order chi connectivity index (χ0) is 18.5. The standard InChI is InChI=1S/C11H8O2.C10H18O2.Mo/c12-11(13)10-7-3-5-8-4-1-2-6-9(8)10;1-2-3-4-5-6-7-8-9-10(11)12;/h1-7H,(H,12,13);2H,1,3-9H2,(H,11,12);. The molecule has 0 amide bonds. The molecule has 0 spiro atoms. The Hall–Kier alpha value is -1.93. The molecule has 2 aromatic carbocycles. The first kappa shape index (κ1) is 24.1. The Balaban J connectivity index is 0.000000466. The first-order valence-corrected chi connectivity index (χ1v) is 8.60. The number of hydrogen-bond donors (Lipinski definition) is 2. The van der Waals surface area contributed by atoms with E-state index in [1.165, 1.54) is 12.8 Å². The first-order chi connectivity index (χ1) is 12.1. The van der Waals surface area contributed by atoms with Crippen LogP contribution in [0.25, 0.3) is 10.8 Å². The van der Waals surface area contributed by atoms with Crippen molar-refractivity contribution in [2.45, 2.75) is 44.9 Å². The van der Waals surface area contributed by atoms with E-state index < -0.39 is 11.9 Å². The summed E-state index contributed by atoms with van der Waals surface area (Å²) >= 11 is 0. The predicted octanol–water partition coefficient (Wildman–Crippen LogP) is 5.52. The molecule has 2 rings (SSSR count). The second-order valence-corrected chi connectivity index (χ2v) is 5.82. The van der Waals surface area contributed by atoms with Gasteiger partial charge in [-0.3, -0.25) is 4.79 Å². The van der Waals surface area contributed by atoms with Crippen LogP contribution in [0.3, 0.4) is 0 Å². The van der Waals surface area contributed by atoms with Gasteiger partial charge in [-0.2, -0.15) is 0 Å². The van der Waals surface area contributed by atoms with Crippen molar-refractivity contribution in [2.75, 3.05) is 0 Å². The minimum atomic E-state index is -0.878. The van der Waals surface area contributed by atoms with Gasteiger partial charge in [0.05, 0.1) is 5.56 Å². The molecular weight excluding hydrogens is 412 g/mol. The number of aliphatic carboxylic acids is 1. The Morgan fingerprint density at radius 3 is 2.15 bits per heavy atom. The predicted molar refractivity (Wildman–Crippen MR) is 101 cm³/mol. The summed E-state index contributed by atoms with van der Waals surface area (Å²) in [5, 5.41) is 19.0. The van der Waals surface area contributed by atoms with Crippen LogP contribution in [-0.4, -0.2) is 22.2 Å². The number of carbonyl (C=O) groups is 2. The van der Waals surface area contributed by atoms with Crippen LogP contribution in [0.2, 0.25) is 0 Å². The number of benzene rings is 2. The van der Waals surface area contributed by atoms with Crippen LogP contribution in [-0.2, 0) is 25.9 Å². The van der Waals surface area contributed by atoms with Gasteiger partial charge in [-0.05, 0) is 36.1 Å². The number of hydrogen-bond acceptors (Lipinski definition) is 2. The minimum absolute atomic E-state index is 0. The summed E-state index contributed by atoms with van der Waals surface area (Å²) in [6.07, 6.45) is 8.74. The molecule has 0 fully saturated rings. The third-order valence-corrected chi connectivity index (χ3v) is 3.82. The minimum Gasteiger partial charge on any atom is -0.481 e. The molecule has 0 saturated carbocycles. The van der Waals surface area contributed by atoms with Crippen molar-refractivity contribution in [3.63, 3.8) is 0 Å². The van der Waals surface area contributed by atoms with Gasteiger partial charge >= 0.3 is 11.9 Å². The number of carboxylic acids is 2. The molecule has 5 heteroatoms. The summed E-state index contributed by atoms with van der Waals surface area (Å²) in [5.74, 6) is -1.56. The summed E-state index contributed by atoms with van der Waals surface area (Å²) in [6.45, 7) is 3.64. The summed E-state index contributed by atoms with van der Waals surface area (Å²) in [7, 11) is 0. The first-order valence-electron chi connectivity index (χ1n) is 8.60. The Morgan fingerprint density at radius 2 is 1.50 bits per heavy atom. The van der Waals surface area contributed by atoms with Crippen LogP contribution in [0.1, 0.15) is 55.3 Å². The van der Waals surface area contributed by atoms with Crippen LogP contribution in [0.4, 0.5) is 0 Å². The van der Waals surface area contributed by atoms with Gasteiger partial charge < -0.3 is 10.2 Å². The Bertz CT molecular complexity index is 692. The maximum atomic E-state index is 10.8. The zero-order valence-corrected chi connectivity index (χ0v) is 16.9. The van der Waals surface area contributed by atoms with Crippen LogP contribution >= 0.6 is 0 Å². The molecule has 0 heterocycles. The van der Waals surface area contributed by atoms with E-state index in [0.717, 1.165) is 36.5 Å². The van der Waals surface area contributed by atoms with Gasteiger partial charge in [0, 0.05) is 27.5 Å². The van der Waals surface area contributed by atoms with E-state index in [1.807, 2.05) is 36.4 Å². The average molecular weight is 438 g/mol. The van der Waals surface area contributed by atoms with E-state index in [0.29, 0.717) is 12.0 Å². The summed E-state index contributed by atoms with van der Waals surface area (Å²) in [5.41, 5.74) is 0.359. The van der Waals surface area contributed by atoms with Gasteiger partial charge in [-0.15, -0.1) is 6.58 Å². The quantitative estimate of drug-likeness (QED) is 0.307. The fourth-order valence-electron chi connectivity index (χ4n) is 2.51. The van der Waals surface area contributed by atoms with Crippen molar-refractivity contribution in [1.82, 2.24) is 0 Å². The van der Waals surface area contributed by atoms with Crippen molar-refractivity contribution >= 4 is 22.7 Å². The van der Waals surface area contributed by atoms with E-state index in [2.05, 4.69) is 6.58 Å². The van der Waals surface area contributed by atoms with Gasteiger partial charge in [0.1, 0.15) is 0 Å². The van der Waals surface area contributed by atoms with Crippen molar-refractivity contribution < 1.29 is 40.9 Å². The number of aromatic carboxylic acids is 1. The van der Waals surface area contributed by atoms with Crippen molar-refractivity contribution in [3.8, 4) is 0 Å².